The summed E-state index contributed by atoms with van der Waals surface area (Å²) in [4.78, 5) is 14.0. The fourth-order valence-electron chi connectivity index (χ4n) is 2.35. The molecule has 0 radical (unpaired) electrons. The van der Waals surface area contributed by atoms with Crippen LogP contribution in [0.3, 0.4) is 0 Å². The van der Waals surface area contributed by atoms with E-state index in [1.54, 1.807) is 33.7 Å². The molecule has 0 aliphatic carbocycles. The zero-order chi connectivity index (χ0) is 16.9. The smallest absolute Gasteiger partial charge is 0.276 e. The van der Waals surface area contributed by atoms with Crippen LogP contribution in [0.2, 0.25) is 0 Å². The van der Waals surface area contributed by atoms with E-state index in [4.69, 9.17) is 5.73 Å². The topological polar surface area (TPSA) is 94.9 Å². The number of nitrogens with two attached hydrogens (primary N) is 1. The van der Waals surface area contributed by atoms with Crippen LogP contribution in [0.4, 0.5) is 0 Å². The molecule has 0 aliphatic rings. The highest BCUT2D eigenvalue weighted by molar-refractivity contribution is 5.91. The Morgan fingerprint density at radius 1 is 1.28 bits per heavy atom. The van der Waals surface area contributed by atoms with Gasteiger partial charge >= 0.3 is 0 Å². The maximum absolute atomic E-state index is 12.4. The summed E-state index contributed by atoms with van der Waals surface area (Å²) in [6.07, 6.45) is 5.24. The van der Waals surface area contributed by atoms with Crippen molar-refractivity contribution < 1.29 is 4.79 Å². The number of amides is 1. The molecule has 2 heterocycles. The molecule has 0 bridgehead atoms. The molecular formula is C16H20ClN7O. The molecule has 8 nitrogen and oxygen atoms in total. The first-order chi connectivity index (χ1) is 11.7. The molecule has 0 aliphatic heterocycles. The first-order valence-corrected chi connectivity index (χ1v) is 7.62. The van der Waals surface area contributed by atoms with E-state index >= 15 is 0 Å². The van der Waals surface area contributed by atoms with Gasteiger partial charge in [0.15, 0.2) is 5.69 Å². The zero-order valence-corrected chi connectivity index (χ0v) is 14.6. The van der Waals surface area contributed by atoms with Crippen molar-refractivity contribution in [2.75, 3.05) is 13.6 Å². The highest BCUT2D eigenvalue weighted by Gasteiger charge is 2.16. The Hall–Kier alpha value is -2.71. The maximum atomic E-state index is 12.4. The molecule has 0 fully saturated rings. The normalized spacial score (nSPS) is 10.3. The molecule has 25 heavy (non-hydrogen) atoms. The van der Waals surface area contributed by atoms with Crippen molar-refractivity contribution in [3.05, 3.63) is 60.2 Å². The Labute approximate surface area is 151 Å². The lowest BCUT2D eigenvalue weighted by Gasteiger charge is -2.16. The molecule has 2 aromatic heterocycles. The first-order valence-electron chi connectivity index (χ1n) is 7.62. The number of carbonyl (C=O) groups excluding carboxylic acids is 1. The second-order valence-corrected chi connectivity index (χ2v) is 5.43. The van der Waals surface area contributed by atoms with Gasteiger partial charge in [-0.25, -0.2) is 4.68 Å². The minimum absolute atomic E-state index is 0. The molecule has 3 rings (SSSR count). The van der Waals surface area contributed by atoms with Crippen LogP contribution >= 0.6 is 12.4 Å². The molecule has 3 aromatic rings. The summed E-state index contributed by atoms with van der Waals surface area (Å²) in [5, 5.41) is 12.0. The second-order valence-electron chi connectivity index (χ2n) is 5.43. The van der Waals surface area contributed by atoms with E-state index < -0.39 is 0 Å². The number of aromatic nitrogens is 5. The maximum Gasteiger partial charge on any atom is 0.276 e. The SMILES string of the molecule is CN(Cc1ccc(-n2cccn2)cc1)C(=O)c1cn(CCN)nn1.Cl. The van der Waals surface area contributed by atoms with E-state index in [1.165, 1.54) is 0 Å². The average molecular weight is 362 g/mol. The van der Waals surface area contributed by atoms with E-state index in [2.05, 4.69) is 15.4 Å². The summed E-state index contributed by atoms with van der Waals surface area (Å²) < 4.78 is 3.36. The Balaban J connectivity index is 0.00000225. The summed E-state index contributed by atoms with van der Waals surface area (Å²) in [5.41, 5.74) is 7.78. The summed E-state index contributed by atoms with van der Waals surface area (Å²) in [6, 6.07) is 9.77. The van der Waals surface area contributed by atoms with Crippen LogP contribution in [0.15, 0.2) is 48.9 Å². The Bertz CT molecular complexity index is 798. The van der Waals surface area contributed by atoms with E-state index in [9.17, 15) is 4.79 Å². The van der Waals surface area contributed by atoms with Crippen LogP contribution < -0.4 is 5.73 Å². The second kappa shape index (κ2) is 8.41. The predicted octanol–water partition coefficient (Wildman–Crippen LogP) is 1.12. The third-order valence-electron chi connectivity index (χ3n) is 3.59. The number of nitrogens with zero attached hydrogens (tertiary/aromatic N) is 6. The summed E-state index contributed by atoms with van der Waals surface area (Å²) in [7, 11) is 1.74. The summed E-state index contributed by atoms with van der Waals surface area (Å²) in [6.45, 7) is 1.48. The molecule has 1 aromatic carbocycles. The largest absolute Gasteiger partial charge is 0.336 e. The Morgan fingerprint density at radius 3 is 2.68 bits per heavy atom. The molecule has 2 N–H and O–H groups in total. The van der Waals surface area contributed by atoms with E-state index in [1.807, 2.05) is 36.5 Å². The van der Waals surface area contributed by atoms with Gasteiger partial charge in [0.2, 0.25) is 0 Å². The zero-order valence-electron chi connectivity index (χ0n) is 13.8. The lowest BCUT2D eigenvalue weighted by atomic mass is 10.2. The van der Waals surface area contributed by atoms with E-state index in [0.717, 1.165) is 11.3 Å². The number of rotatable bonds is 6. The lowest BCUT2D eigenvalue weighted by Crippen LogP contribution is -2.26. The molecule has 0 spiro atoms. The molecule has 0 saturated carbocycles. The van der Waals surface area contributed by atoms with Crippen molar-refractivity contribution >= 4 is 18.3 Å². The van der Waals surface area contributed by atoms with Crippen LogP contribution in [0.25, 0.3) is 5.69 Å². The van der Waals surface area contributed by atoms with Crippen molar-refractivity contribution in [1.82, 2.24) is 29.7 Å². The molecule has 0 atom stereocenters. The lowest BCUT2D eigenvalue weighted by molar-refractivity contribution is 0.0779. The van der Waals surface area contributed by atoms with Gasteiger partial charge in [-0.05, 0) is 23.8 Å². The van der Waals surface area contributed by atoms with Gasteiger partial charge in [0, 0.05) is 32.5 Å². The molecule has 1 amide bonds. The number of hydrogen-bond acceptors (Lipinski definition) is 5. The fraction of sp³-hybridized carbons (Fsp3) is 0.250. The van der Waals surface area contributed by atoms with Crippen molar-refractivity contribution in [1.29, 1.82) is 0 Å². The summed E-state index contributed by atoms with van der Waals surface area (Å²) >= 11 is 0. The minimum atomic E-state index is -0.172. The molecule has 0 unspecified atom stereocenters. The van der Waals surface area contributed by atoms with Gasteiger partial charge in [-0.1, -0.05) is 17.3 Å². The van der Waals surface area contributed by atoms with Crippen LogP contribution in [0.5, 0.6) is 0 Å². The molecule has 9 heteroatoms. The van der Waals surface area contributed by atoms with Crippen LogP contribution in [0, 0.1) is 0 Å². The number of hydrogen-bond donors (Lipinski definition) is 1. The Morgan fingerprint density at radius 2 is 2.04 bits per heavy atom. The van der Waals surface area contributed by atoms with Crippen molar-refractivity contribution in [2.45, 2.75) is 13.1 Å². The van der Waals surface area contributed by atoms with Crippen LogP contribution in [0.1, 0.15) is 16.1 Å². The Kier molecular flexibility index (Phi) is 6.26. The quantitative estimate of drug-likeness (QED) is 0.709. The van der Waals surface area contributed by atoms with Crippen molar-refractivity contribution in [3.8, 4) is 5.69 Å². The van der Waals surface area contributed by atoms with Crippen molar-refractivity contribution in [3.63, 3.8) is 0 Å². The number of benzene rings is 1. The standard InChI is InChI=1S/C16H19N7O.ClH/c1-21(16(24)15-12-22(10-7-17)20-19-15)11-13-3-5-14(6-4-13)23-9-2-8-18-23;/h2-6,8-9,12H,7,10-11,17H2,1H3;1H. The third kappa shape index (κ3) is 4.43. The van der Waals surface area contributed by atoms with Gasteiger partial charge in [0.1, 0.15) is 0 Å². The fourth-order valence-corrected chi connectivity index (χ4v) is 2.35. The highest BCUT2D eigenvalue weighted by atomic mass is 35.5. The van der Waals surface area contributed by atoms with Crippen molar-refractivity contribution in [2.24, 2.45) is 5.73 Å². The van der Waals surface area contributed by atoms with Gasteiger partial charge in [-0.3, -0.25) is 9.48 Å². The molecular weight excluding hydrogens is 342 g/mol. The highest BCUT2D eigenvalue weighted by Crippen LogP contribution is 2.11. The van der Waals surface area contributed by atoms with E-state index in [0.29, 0.717) is 25.3 Å². The van der Waals surface area contributed by atoms with E-state index in [-0.39, 0.29) is 18.3 Å². The predicted molar refractivity (Wildman–Crippen MR) is 95.7 cm³/mol. The van der Waals surface area contributed by atoms with Gasteiger partial charge < -0.3 is 10.6 Å². The van der Waals surface area contributed by atoms with Gasteiger partial charge in [0.05, 0.1) is 18.4 Å². The number of halogens is 1. The van der Waals surface area contributed by atoms with Gasteiger partial charge in [-0.15, -0.1) is 17.5 Å². The van der Waals surface area contributed by atoms with Gasteiger partial charge in [-0.2, -0.15) is 5.10 Å². The number of carbonyl (C=O) groups is 1. The third-order valence-corrected chi connectivity index (χ3v) is 3.59. The van der Waals surface area contributed by atoms with Gasteiger partial charge in [0.25, 0.3) is 5.91 Å². The summed E-state index contributed by atoms with van der Waals surface area (Å²) in [5.74, 6) is -0.172. The monoisotopic (exact) mass is 361 g/mol. The van der Waals surface area contributed by atoms with Crippen LogP contribution in [-0.2, 0) is 13.1 Å². The molecule has 132 valence electrons. The minimum Gasteiger partial charge on any atom is -0.336 e. The molecule has 0 saturated heterocycles. The van der Waals surface area contributed by atoms with Crippen LogP contribution in [-0.4, -0.2) is 49.2 Å². The average Bonchev–Trinajstić information content (AvgIpc) is 3.27. The first kappa shape index (κ1) is 18.6.